The lowest BCUT2D eigenvalue weighted by atomic mass is 10.1. The Hall–Kier alpha value is -0.460. The van der Waals surface area contributed by atoms with Crippen molar-refractivity contribution in [3.8, 4) is 0 Å². The summed E-state index contributed by atoms with van der Waals surface area (Å²) >= 11 is 0. The van der Waals surface area contributed by atoms with Gasteiger partial charge in [0.2, 0.25) is 0 Å². The number of nitrogens with zero attached hydrogens (tertiary/aromatic N) is 2. The number of carbonyl (C=O) groups excluding carboxylic acids is 1. The fourth-order valence-electron chi connectivity index (χ4n) is 2.29. The molecule has 0 spiro atoms. The lowest BCUT2D eigenvalue weighted by Crippen LogP contribution is -2.43. The van der Waals surface area contributed by atoms with Gasteiger partial charge in [-0.25, -0.2) is 8.42 Å². The Balaban J connectivity index is 2.48. The number of carbonyl (C=O) groups is 1. The van der Waals surface area contributed by atoms with Crippen molar-refractivity contribution in [3.05, 3.63) is 0 Å². The van der Waals surface area contributed by atoms with E-state index in [1.54, 1.807) is 0 Å². The van der Waals surface area contributed by atoms with E-state index in [9.17, 15) is 13.2 Å². The molecule has 0 N–H and O–H groups in total. The summed E-state index contributed by atoms with van der Waals surface area (Å²) in [6.07, 6.45) is 3.07. The number of hydrogen-bond donors (Lipinski definition) is 0. The molecule has 1 aliphatic heterocycles. The monoisotopic (exact) mass is 276 g/mol. The van der Waals surface area contributed by atoms with Crippen LogP contribution in [-0.2, 0) is 14.6 Å². The number of hydrogen-bond acceptors (Lipinski definition) is 5. The fourth-order valence-corrected chi connectivity index (χ4v) is 2.96. The summed E-state index contributed by atoms with van der Waals surface area (Å²) < 4.78 is 22.1. The molecule has 0 aromatic heterocycles. The average Bonchev–Trinajstić information content (AvgIpc) is 2.38. The summed E-state index contributed by atoms with van der Waals surface area (Å²) in [7, 11) is 1.04. The Labute approximate surface area is 110 Å². The Kier molecular flexibility index (Phi) is 5.75. The zero-order chi connectivity index (χ0) is 13.8. The molecule has 0 bridgehead atoms. The standard InChI is InChI=1S/C12H24N2O3S/c1-13-7-5-8-14(2)11(10-13)12(15)6-4-9-18(3,16)17/h11H,4-10H2,1-3H3. The smallest absolute Gasteiger partial charge is 0.151 e. The van der Waals surface area contributed by atoms with Gasteiger partial charge in [-0.05, 0) is 40.0 Å². The normalized spacial score (nSPS) is 23.8. The molecule has 0 amide bonds. The van der Waals surface area contributed by atoms with E-state index in [2.05, 4.69) is 9.80 Å². The summed E-state index contributed by atoms with van der Waals surface area (Å²) in [4.78, 5) is 16.4. The van der Waals surface area contributed by atoms with Crippen molar-refractivity contribution in [2.24, 2.45) is 0 Å². The maximum atomic E-state index is 12.1. The van der Waals surface area contributed by atoms with Crippen molar-refractivity contribution < 1.29 is 13.2 Å². The number of ketones is 1. The minimum atomic E-state index is -2.96. The van der Waals surface area contributed by atoms with Gasteiger partial charge in [0.25, 0.3) is 0 Å². The SMILES string of the molecule is CN1CCCN(C)C(C(=O)CCCS(C)(=O)=O)C1. The van der Waals surface area contributed by atoms with Crippen LogP contribution >= 0.6 is 0 Å². The van der Waals surface area contributed by atoms with Gasteiger partial charge in [0.05, 0.1) is 11.8 Å². The molecular weight excluding hydrogens is 252 g/mol. The van der Waals surface area contributed by atoms with Gasteiger partial charge in [0.1, 0.15) is 9.84 Å². The first kappa shape index (κ1) is 15.6. The minimum absolute atomic E-state index is 0.0861. The second kappa shape index (κ2) is 6.63. The highest BCUT2D eigenvalue weighted by Gasteiger charge is 2.26. The maximum absolute atomic E-state index is 12.1. The molecule has 18 heavy (non-hydrogen) atoms. The van der Waals surface area contributed by atoms with Gasteiger partial charge >= 0.3 is 0 Å². The number of rotatable bonds is 5. The number of likely N-dealkylation sites (N-methyl/N-ethyl adjacent to an activating group) is 2. The second-order valence-electron chi connectivity index (χ2n) is 5.31. The molecule has 1 rings (SSSR count). The van der Waals surface area contributed by atoms with Crippen molar-refractivity contribution in [3.63, 3.8) is 0 Å². The number of Topliss-reactive ketones (excluding diaryl/α,β-unsaturated/α-hetero) is 1. The van der Waals surface area contributed by atoms with Crippen LogP contribution < -0.4 is 0 Å². The second-order valence-corrected chi connectivity index (χ2v) is 7.57. The van der Waals surface area contributed by atoms with Crippen LogP contribution in [0.5, 0.6) is 0 Å². The summed E-state index contributed by atoms with van der Waals surface area (Å²) in [6, 6.07) is -0.0861. The molecular formula is C12H24N2O3S. The molecule has 0 aliphatic carbocycles. The van der Waals surface area contributed by atoms with E-state index in [0.29, 0.717) is 12.8 Å². The highest BCUT2D eigenvalue weighted by atomic mass is 32.2. The molecule has 0 radical (unpaired) electrons. The molecule has 5 nitrogen and oxygen atoms in total. The van der Waals surface area contributed by atoms with Gasteiger partial charge in [-0.3, -0.25) is 9.69 Å². The molecule has 0 saturated carbocycles. The third-order valence-corrected chi connectivity index (χ3v) is 4.41. The predicted molar refractivity (Wildman–Crippen MR) is 72.5 cm³/mol. The number of sulfone groups is 1. The van der Waals surface area contributed by atoms with Crippen LogP contribution in [-0.4, -0.2) is 75.8 Å². The van der Waals surface area contributed by atoms with Crippen LogP contribution in [0.15, 0.2) is 0 Å². The largest absolute Gasteiger partial charge is 0.304 e. The van der Waals surface area contributed by atoms with Gasteiger partial charge < -0.3 is 4.90 Å². The summed E-state index contributed by atoms with van der Waals surface area (Å²) in [5.41, 5.74) is 0. The molecule has 6 heteroatoms. The van der Waals surface area contributed by atoms with Crippen molar-refractivity contribution in [1.82, 2.24) is 9.80 Å². The molecule has 0 aromatic rings. The zero-order valence-electron chi connectivity index (χ0n) is 11.6. The van der Waals surface area contributed by atoms with E-state index in [-0.39, 0.29) is 17.6 Å². The minimum Gasteiger partial charge on any atom is -0.304 e. The first-order valence-electron chi connectivity index (χ1n) is 6.39. The summed E-state index contributed by atoms with van der Waals surface area (Å²) in [5.74, 6) is 0.264. The Morgan fingerprint density at radius 1 is 1.28 bits per heavy atom. The van der Waals surface area contributed by atoms with Gasteiger partial charge in [-0.1, -0.05) is 0 Å². The lowest BCUT2D eigenvalue weighted by Gasteiger charge is -2.26. The van der Waals surface area contributed by atoms with Gasteiger partial charge in [0, 0.05) is 19.2 Å². The molecule has 1 atom stereocenters. The van der Waals surface area contributed by atoms with Crippen LogP contribution in [0.2, 0.25) is 0 Å². The Morgan fingerprint density at radius 3 is 2.56 bits per heavy atom. The quantitative estimate of drug-likeness (QED) is 0.708. The highest BCUT2D eigenvalue weighted by Crippen LogP contribution is 2.10. The lowest BCUT2D eigenvalue weighted by molar-refractivity contribution is -0.124. The van der Waals surface area contributed by atoms with Crippen LogP contribution in [0.25, 0.3) is 0 Å². The van der Waals surface area contributed by atoms with Gasteiger partial charge in [-0.15, -0.1) is 0 Å². The molecule has 1 saturated heterocycles. The van der Waals surface area contributed by atoms with Crippen LogP contribution in [0.4, 0.5) is 0 Å². The van der Waals surface area contributed by atoms with E-state index in [1.807, 2.05) is 14.1 Å². The van der Waals surface area contributed by atoms with Gasteiger partial charge in [0.15, 0.2) is 5.78 Å². The van der Waals surface area contributed by atoms with E-state index < -0.39 is 9.84 Å². The Bertz CT molecular complexity index is 381. The highest BCUT2D eigenvalue weighted by molar-refractivity contribution is 7.90. The fraction of sp³-hybridized carbons (Fsp3) is 0.917. The maximum Gasteiger partial charge on any atom is 0.151 e. The van der Waals surface area contributed by atoms with E-state index >= 15 is 0 Å². The third kappa shape index (κ3) is 5.46. The van der Waals surface area contributed by atoms with Crippen LogP contribution in [0, 0.1) is 0 Å². The van der Waals surface area contributed by atoms with Crippen molar-refractivity contribution in [1.29, 1.82) is 0 Å². The third-order valence-electron chi connectivity index (χ3n) is 3.38. The predicted octanol–water partition coefficient (Wildman–Crippen LogP) is 0.0162. The summed E-state index contributed by atoms with van der Waals surface area (Å²) in [6.45, 7) is 2.68. The van der Waals surface area contributed by atoms with Crippen molar-refractivity contribution >= 4 is 15.6 Å². The van der Waals surface area contributed by atoms with Crippen molar-refractivity contribution in [2.45, 2.75) is 25.3 Å². The molecule has 1 unspecified atom stereocenters. The molecule has 1 aliphatic rings. The zero-order valence-corrected chi connectivity index (χ0v) is 12.4. The molecule has 0 aromatic carbocycles. The molecule has 1 heterocycles. The van der Waals surface area contributed by atoms with Gasteiger partial charge in [-0.2, -0.15) is 0 Å². The Morgan fingerprint density at radius 2 is 1.94 bits per heavy atom. The van der Waals surface area contributed by atoms with E-state index in [4.69, 9.17) is 0 Å². The summed E-state index contributed by atoms with van der Waals surface area (Å²) in [5, 5.41) is 0. The topological polar surface area (TPSA) is 57.7 Å². The molecule has 1 fully saturated rings. The van der Waals surface area contributed by atoms with Crippen molar-refractivity contribution in [2.75, 3.05) is 45.7 Å². The average molecular weight is 276 g/mol. The van der Waals surface area contributed by atoms with E-state index in [1.165, 1.54) is 6.26 Å². The molecule has 106 valence electrons. The van der Waals surface area contributed by atoms with E-state index in [0.717, 1.165) is 26.1 Å². The first-order valence-corrected chi connectivity index (χ1v) is 8.45. The van der Waals surface area contributed by atoms with Crippen LogP contribution in [0.1, 0.15) is 19.3 Å². The van der Waals surface area contributed by atoms with Crippen LogP contribution in [0.3, 0.4) is 0 Å². The first-order chi connectivity index (χ1) is 8.29.